The number of carbonyl (C=O) groups is 2. The first kappa shape index (κ1) is 20.5. The summed E-state index contributed by atoms with van der Waals surface area (Å²) in [5, 5.41) is 16.7. The lowest BCUT2D eigenvalue weighted by atomic mass is 10.0. The summed E-state index contributed by atoms with van der Waals surface area (Å²) in [6, 6.07) is 4.59. The van der Waals surface area contributed by atoms with Crippen molar-refractivity contribution in [1.82, 2.24) is 5.32 Å². The van der Waals surface area contributed by atoms with E-state index in [1.54, 1.807) is 26.8 Å². The number of alkyl carbamates (subject to hydrolysis) is 1. The van der Waals surface area contributed by atoms with Crippen LogP contribution >= 0.6 is 0 Å². The molecule has 1 fully saturated rings. The third kappa shape index (κ3) is 6.12. The van der Waals surface area contributed by atoms with E-state index in [0.29, 0.717) is 12.2 Å². The molecule has 27 heavy (non-hydrogen) atoms. The maximum Gasteiger partial charge on any atom is 0.407 e. The smallest absolute Gasteiger partial charge is 0.407 e. The summed E-state index contributed by atoms with van der Waals surface area (Å²) in [6.07, 6.45) is 1.17. The molecule has 9 heteroatoms. The van der Waals surface area contributed by atoms with Crippen LogP contribution in [0.3, 0.4) is 0 Å². The maximum absolute atomic E-state index is 12.0. The van der Waals surface area contributed by atoms with E-state index in [1.165, 1.54) is 19.1 Å². The van der Waals surface area contributed by atoms with Gasteiger partial charge in [0.2, 0.25) is 5.91 Å². The average Bonchev–Trinajstić information content (AvgIpc) is 2.52. The fraction of sp³-hybridized carbons (Fsp3) is 0.556. The van der Waals surface area contributed by atoms with Crippen LogP contribution in [0.5, 0.6) is 0 Å². The van der Waals surface area contributed by atoms with E-state index in [-0.39, 0.29) is 23.3 Å². The maximum atomic E-state index is 12.0. The number of benzene rings is 1. The molecule has 1 aliphatic heterocycles. The lowest BCUT2D eigenvalue weighted by molar-refractivity contribution is -0.383. The zero-order valence-electron chi connectivity index (χ0n) is 16.1. The molecule has 0 radical (unpaired) electrons. The molecule has 148 valence electrons. The molecule has 9 nitrogen and oxygen atoms in total. The molecule has 1 saturated heterocycles. The van der Waals surface area contributed by atoms with E-state index in [4.69, 9.17) is 4.74 Å². The Kier molecular flexibility index (Phi) is 6.24. The first-order valence-electron chi connectivity index (χ1n) is 8.85. The number of nitrogens with one attached hydrogen (secondary N) is 2. The number of nitrogens with zero attached hydrogens (tertiary/aromatic N) is 2. The molecule has 1 aromatic rings. The Morgan fingerprint density at radius 3 is 2.63 bits per heavy atom. The van der Waals surface area contributed by atoms with Gasteiger partial charge in [-0.05, 0) is 45.7 Å². The summed E-state index contributed by atoms with van der Waals surface area (Å²) >= 11 is 0. The molecule has 1 atom stereocenters. The Labute approximate surface area is 158 Å². The van der Waals surface area contributed by atoms with Crippen LogP contribution in [0.15, 0.2) is 18.2 Å². The van der Waals surface area contributed by atoms with Gasteiger partial charge in [-0.3, -0.25) is 14.9 Å². The number of nitro groups is 1. The monoisotopic (exact) mass is 378 g/mol. The molecule has 1 aromatic carbocycles. The van der Waals surface area contributed by atoms with Crippen molar-refractivity contribution in [3.8, 4) is 0 Å². The van der Waals surface area contributed by atoms with Crippen LogP contribution in [0.25, 0.3) is 0 Å². The van der Waals surface area contributed by atoms with Crippen LogP contribution in [-0.4, -0.2) is 41.7 Å². The normalized spacial score (nSPS) is 17.2. The highest BCUT2D eigenvalue weighted by molar-refractivity contribution is 5.91. The number of amides is 2. The predicted molar refractivity (Wildman–Crippen MR) is 102 cm³/mol. The molecule has 2 amide bonds. The van der Waals surface area contributed by atoms with Crippen LogP contribution in [0, 0.1) is 10.1 Å². The van der Waals surface area contributed by atoms with Crippen molar-refractivity contribution in [3.63, 3.8) is 0 Å². The van der Waals surface area contributed by atoms with Gasteiger partial charge in [0.25, 0.3) is 5.69 Å². The van der Waals surface area contributed by atoms with Crippen molar-refractivity contribution in [2.45, 2.75) is 52.2 Å². The molecule has 0 unspecified atom stereocenters. The Balaban J connectivity index is 2.11. The molecule has 0 aromatic heterocycles. The van der Waals surface area contributed by atoms with Crippen molar-refractivity contribution < 1.29 is 19.2 Å². The van der Waals surface area contributed by atoms with Gasteiger partial charge in [0.15, 0.2) is 0 Å². The van der Waals surface area contributed by atoms with Gasteiger partial charge in [-0.25, -0.2) is 4.79 Å². The second-order valence-electron chi connectivity index (χ2n) is 7.57. The number of anilines is 2. The van der Waals surface area contributed by atoms with Crippen molar-refractivity contribution in [2.75, 3.05) is 23.3 Å². The van der Waals surface area contributed by atoms with E-state index in [1.807, 2.05) is 4.90 Å². The average molecular weight is 378 g/mol. The van der Waals surface area contributed by atoms with Gasteiger partial charge in [-0.15, -0.1) is 0 Å². The number of carbonyl (C=O) groups excluding carboxylic acids is 2. The highest BCUT2D eigenvalue weighted by atomic mass is 16.6. The van der Waals surface area contributed by atoms with Crippen molar-refractivity contribution >= 4 is 29.1 Å². The summed E-state index contributed by atoms with van der Waals surface area (Å²) in [5.74, 6) is -0.370. The second kappa shape index (κ2) is 8.24. The van der Waals surface area contributed by atoms with Gasteiger partial charge in [-0.2, -0.15) is 0 Å². The van der Waals surface area contributed by atoms with Crippen LogP contribution in [0.4, 0.5) is 21.9 Å². The number of nitro benzene ring substituents is 1. The Morgan fingerprint density at radius 1 is 1.33 bits per heavy atom. The lowest BCUT2D eigenvalue weighted by Crippen LogP contribution is -2.49. The SMILES string of the molecule is CC(=O)Nc1ccc(N2CCC[C@H](NC(=O)OC(C)(C)C)C2)cc1[N+](=O)[O-]. The van der Waals surface area contributed by atoms with Gasteiger partial charge in [0.05, 0.1) is 4.92 Å². The Bertz CT molecular complexity index is 729. The van der Waals surface area contributed by atoms with E-state index in [2.05, 4.69) is 10.6 Å². The van der Waals surface area contributed by atoms with E-state index in [0.717, 1.165) is 19.4 Å². The van der Waals surface area contributed by atoms with E-state index >= 15 is 0 Å². The minimum absolute atomic E-state index is 0.109. The summed E-state index contributed by atoms with van der Waals surface area (Å²) in [5.41, 5.74) is 0.103. The van der Waals surface area contributed by atoms with Gasteiger partial charge < -0.3 is 20.3 Å². The standard InChI is InChI=1S/C18H26N4O5/c1-12(23)19-15-8-7-14(10-16(15)22(25)26)21-9-5-6-13(11-21)20-17(24)27-18(2,3)4/h7-8,10,13H,5-6,9,11H2,1-4H3,(H,19,23)(H,20,24)/t13-/m0/s1. The third-order valence-electron chi connectivity index (χ3n) is 4.00. The quantitative estimate of drug-likeness (QED) is 0.615. The zero-order valence-corrected chi connectivity index (χ0v) is 16.1. The topological polar surface area (TPSA) is 114 Å². The molecule has 2 N–H and O–H groups in total. The highest BCUT2D eigenvalue weighted by Gasteiger charge is 2.26. The van der Waals surface area contributed by atoms with Gasteiger partial charge >= 0.3 is 6.09 Å². The van der Waals surface area contributed by atoms with Crippen LogP contribution in [-0.2, 0) is 9.53 Å². The van der Waals surface area contributed by atoms with Crippen molar-refractivity contribution in [2.24, 2.45) is 0 Å². The molecule has 1 aliphatic rings. The summed E-state index contributed by atoms with van der Waals surface area (Å²) < 4.78 is 5.29. The predicted octanol–water partition coefficient (Wildman–Crippen LogP) is 3.05. The second-order valence-corrected chi connectivity index (χ2v) is 7.57. The number of hydrogen-bond acceptors (Lipinski definition) is 6. The van der Waals surface area contributed by atoms with Gasteiger partial charge in [0.1, 0.15) is 11.3 Å². The molecule has 0 saturated carbocycles. The molecular formula is C18H26N4O5. The van der Waals surface area contributed by atoms with E-state index in [9.17, 15) is 19.7 Å². The highest BCUT2D eigenvalue weighted by Crippen LogP contribution is 2.31. The fourth-order valence-electron chi connectivity index (χ4n) is 2.97. The minimum Gasteiger partial charge on any atom is -0.444 e. The Morgan fingerprint density at radius 2 is 2.04 bits per heavy atom. The summed E-state index contributed by atoms with van der Waals surface area (Å²) in [4.78, 5) is 36.0. The Hall–Kier alpha value is -2.84. The molecule has 0 aliphatic carbocycles. The molecule has 0 spiro atoms. The number of piperidine rings is 1. The first-order valence-corrected chi connectivity index (χ1v) is 8.85. The van der Waals surface area contributed by atoms with Crippen LogP contribution in [0.1, 0.15) is 40.5 Å². The third-order valence-corrected chi connectivity index (χ3v) is 4.00. The number of hydrogen-bond donors (Lipinski definition) is 2. The number of rotatable bonds is 4. The summed E-state index contributed by atoms with van der Waals surface area (Å²) in [7, 11) is 0. The minimum atomic E-state index is -0.571. The largest absolute Gasteiger partial charge is 0.444 e. The lowest BCUT2D eigenvalue weighted by Gasteiger charge is -2.35. The van der Waals surface area contributed by atoms with Crippen LogP contribution < -0.4 is 15.5 Å². The molecule has 2 rings (SSSR count). The first-order chi connectivity index (χ1) is 12.5. The van der Waals surface area contributed by atoms with Crippen molar-refractivity contribution in [3.05, 3.63) is 28.3 Å². The van der Waals surface area contributed by atoms with Gasteiger partial charge in [0, 0.05) is 37.8 Å². The van der Waals surface area contributed by atoms with Crippen LogP contribution in [0.2, 0.25) is 0 Å². The number of ether oxygens (including phenoxy) is 1. The molecule has 1 heterocycles. The molecule has 0 bridgehead atoms. The zero-order chi connectivity index (χ0) is 20.2. The molecular weight excluding hydrogens is 352 g/mol. The van der Waals surface area contributed by atoms with Crippen molar-refractivity contribution in [1.29, 1.82) is 0 Å². The summed E-state index contributed by atoms with van der Waals surface area (Å²) in [6.45, 7) is 7.95. The fourth-order valence-corrected chi connectivity index (χ4v) is 2.97. The van der Waals surface area contributed by atoms with Gasteiger partial charge in [-0.1, -0.05) is 0 Å². The van der Waals surface area contributed by atoms with E-state index < -0.39 is 16.6 Å².